The van der Waals surface area contributed by atoms with Crippen molar-refractivity contribution >= 4 is 5.91 Å². The Morgan fingerprint density at radius 1 is 0.417 bits per heavy atom. The monoisotopic (exact) mass is 844 g/mol. The predicted octanol–water partition coefficient (Wildman–Crippen LogP) is 16.3. The smallest absolute Gasteiger partial charge is 0.249 e. The molecule has 0 spiro atoms. The van der Waals surface area contributed by atoms with Gasteiger partial charge in [-0.2, -0.15) is 0 Å². The van der Waals surface area contributed by atoms with Crippen LogP contribution in [0, 0.1) is 0 Å². The molecule has 0 aliphatic rings. The molecule has 1 amide bonds. The van der Waals surface area contributed by atoms with Gasteiger partial charge in [0.15, 0.2) is 0 Å². The molecule has 0 aromatic heterocycles. The molecule has 0 bridgehead atoms. The first-order valence-electron chi connectivity index (χ1n) is 26.8. The van der Waals surface area contributed by atoms with E-state index in [0.717, 1.165) is 38.5 Å². The molecule has 0 aliphatic carbocycles. The molecule has 3 atom stereocenters. The van der Waals surface area contributed by atoms with Crippen LogP contribution >= 0.6 is 0 Å². The standard InChI is InChI=1S/C55H105NO4/c1-3-5-7-9-11-13-15-16-17-18-19-20-21-22-23-24-25-26-27-28-29-30-31-32-33-34-35-36-37-38-39-40-42-44-46-48-50-54(59)55(60)56-52(51-57)53(58)49-47-45-43-41-14-12-10-8-6-4-2/h23-24,26-27,47,49,52-54,57-59H,3-22,25,28-46,48,50-51H2,1-2H3,(H,56,60)/b24-23-,27-26-,49-47+. The SMILES string of the molecule is CCCCCCCCCC/C=C/C(O)C(CO)NC(=O)C(O)CCCCCCCCCCCCCCCCCC/C=C\C/C=C\CCCCCCCCCCCCCCC. The van der Waals surface area contributed by atoms with Gasteiger partial charge in [-0.05, 0) is 51.4 Å². The Bertz CT molecular complexity index is 931. The number of allylic oxidation sites excluding steroid dienone is 5. The highest BCUT2D eigenvalue weighted by atomic mass is 16.3. The summed E-state index contributed by atoms with van der Waals surface area (Å²) in [4.78, 5) is 12.5. The second-order valence-corrected chi connectivity index (χ2v) is 18.4. The van der Waals surface area contributed by atoms with Crippen molar-refractivity contribution in [3.05, 3.63) is 36.5 Å². The van der Waals surface area contributed by atoms with Gasteiger partial charge in [-0.25, -0.2) is 0 Å². The maximum atomic E-state index is 12.5. The molecule has 0 fully saturated rings. The third-order valence-electron chi connectivity index (χ3n) is 12.5. The van der Waals surface area contributed by atoms with Crippen LogP contribution in [-0.2, 0) is 4.79 Å². The molecule has 0 rings (SSSR count). The summed E-state index contributed by atoms with van der Waals surface area (Å²) in [6.45, 7) is 4.17. The van der Waals surface area contributed by atoms with Gasteiger partial charge in [0.05, 0.1) is 18.8 Å². The van der Waals surface area contributed by atoms with Crippen molar-refractivity contribution in [2.45, 2.75) is 302 Å². The summed E-state index contributed by atoms with van der Waals surface area (Å²) in [5, 5.41) is 33.1. The number of rotatable bonds is 49. The highest BCUT2D eigenvalue weighted by molar-refractivity contribution is 5.80. The summed E-state index contributed by atoms with van der Waals surface area (Å²) in [5.74, 6) is -0.503. The third-order valence-corrected chi connectivity index (χ3v) is 12.5. The summed E-state index contributed by atoms with van der Waals surface area (Å²) in [6, 6.07) is -0.795. The first-order chi connectivity index (χ1) is 29.6. The molecule has 0 saturated carbocycles. The number of nitrogens with one attached hydrogen (secondary N) is 1. The lowest BCUT2D eigenvalue weighted by atomic mass is 10.0. The van der Waals surface area contributed by atoms with E-state index in [1.54, 1.807) is 6.08 Å². The number of aliphatic hydroxyl groups excluding tert-OH is 3. The lowest BCUT2D eigenvalue weighted by Crippen LogP contribution is -2.48. The maximum Gasteiger partial charge on any atom is 0.249 e. The zero-order valence-corrected chi connectivity index (χ0v) is 40.4. The van der Waals surface area contributed by atoms with Crippen molar-refractivity contribution in [2.75, 3.05) is 6.61 Å². The van der Waals surface area contributed by atoms with Crippen molar-refractivity contribution < 1.29 is 20.1 Å². The van der Waals surface area contributed by atoms with E-state index in [-0.39, 0.29) is 6.61 Å². The van der Waals surface area contributed by atoms with Crippen LogP contribution in [0.25, 0.3) is 0 Å². The largest absolute Gasteiger partial charge is 0.394 e. The maximum absolute atomic E-state index is 12.5. The average molecular weight is 844 g/mol. The Morgan fingerprint density at radius 2 is 0.717 bits per heavy atom. The second-order valence-electron chi connectivity index (χ2n) is 18.4. The predicted molar refractivity (Wildman–Crippen MR) is 264 cm³/mol. The van der Waals surface area contributed by atoms with E-state index >= 15 is 0 Å². The van der Waals surface area contributed by atoms with Crippen LogP contribution in [0.3, 0.4) is 0 Å². The van der Waals surface area contributed by atoms with E-state index in [1.807, 2.05) is 6.08 Å². The summed E-state index contributed by atoms with van der Waals surface area (Å²) in [5.41, 5.74) is 0. The normalized spacial score (nSPS) is 13.6. The highest BCUT2D eigenvalue weighted by Crippen LogP contribution is 2.17. The van der Waals surface area contributed by atoms with Crippen molar-refractivity contribution in [1.82, 2.24) is 5.32 Å². The van der Waals surface area contributed by atoms with Gasteiger partial charge in [0, 0.05) is 0 Å². The summed E-state index contributed by atoms with van der Waals surface area (Å²) in [6.07, 6.45) is 65.2. The minimum absolute atomic E-state index is 0.363. The second kappa shape index (κ2) is 50.2. The van der Waals surface area contributed by atoms with Crippen LogP contribution in [0.15, 0.2) is 36.5 Å². The molecule has 5 nitrogen and oxygen atoms in total. The summed E-state index contributed by atoms with van der Waals surface area (Å²) < 4.78 is 0. The molecule has 4 N–H and O–H groups in total. The first-order valence-corrected chi connectivity index (χ1v) is 26.8. The third kappa shape index (κ3) is 44.6. The summed E-state index contributed by atoms with van der Waals surface area (Å²) in [7, 11) is 0. The zero-order chi connectivity index (χ0) is 43.7. The van der Waals surface area contributed by atoms with E-state index in [2.05, 4.69) is 43.5 Å². The quantitative estimate of drug-likeness (QED) is 0.0363. The van der Waals surface area contributed by atoms with Crippen LogP contribution in [0.5, 0.6) is 0 Å². The lowest BCUT2D eigenvalue weighted by Gasteiger charge is -2.21. The molecule has 0 saturated heterocycles. The fraction of sp³-hybridized carbons (Fsp3) is 0.873. The van der Waals surface area contributed by atoms with Crippen LogP contribution in [0.1, 0.15) is 284 Å². The Kier molecular flexibility index (Phi) is 49.0. The van der Waals surface area contributed by atoms with E-state index in [1.165, 1.54) is 225 Å². The number of unbranched alkanes of at least 4 members (excludes halogenated alkanes) is 37. The van der Waals surface area contributed by atoms with Gasteiger partial charge in [0.1, 0.15) is 6.10 Å². The minimum Gasteiger partial charge on any atom is -0.394 e. The average Bonchev–Trinajstić information content (AvgIpc) is 3.25. The number of hydrogen-bond acceptors (Lipinski definition) is 4. The fourth-order valence-corrected chi connectivity index (χ4v) is 8.28. The Morgan fingerprint density at radius 3 is 1.05 bits per heavy atom. The van der Waals surface area contributed by atoms with Crippen molar-refractivity contribution in [1.29, 1.82) is 0 Å². The van der Waals surface area contributed by atoms with Crippen molar-refractivity contribution in [3.8, 4) is 0 Å². The van der Waals surface area contributed by atoms with Crippen LogP contribution in [0.2, 0.25) is 0 Å². The number of hydrogen-bond donors (Lipinski definition) is 4. The van der Waals surface area contributed by atoms with Gasteiger partial charge in [0.25, 0.3) is 0 Å². The number of amides is 1. The first kappa shape index (κ1) is 58.6. The molecule has 3 unspecified atom stereocenters. The van der Waals surface area contributed by atoms with Gasteiger partial charge >= 0.3 is 0 Å². The number of carbonyl (C=O) groups is 1. The topological polar surface area (TPSA) is 89.8 Å². The molecule has 0 aromatic rings. The number of carbonyl (C=O) groups excluding carboxylic acids is 1. The van der Waals surface area contributed by atoms with Gasteiger partial charge in [-0.15, -0.1) is 0 Å². The molecule has 60 heavy (non-hydrogen) atoms. The molecule has 0 heterocycles. The minimum atomic E-state index is -1.10. The van der Waals surface area contributed by atoms with Gasteiger partial charge in [-0.1, -0.05) is 269 Å². The van der Waals surface area contributed by atoms with E-state index in [0.29, 0.717) is 6.42 Å². The van der Waals surface area contributed by atoms with Gasteiger partial charge in [0.2, 0.25) is 5.91 Å². The fourth-order valence-electron chi connectivity index (χ4n) is 8.28. The van der Waals surface area contributed by atoms with E-state index < -0.39 is 24.2 Å². The highest BCUT2D eigenvalue weighted by Gasteiger charge is 2.22. The lowest BCUT2D eigenvalue weighted by molar-refractivity contribution is -0.131. The Hall–Kier alpha value is -1.43. The van der Waals surface area contributed by atoms with Crippen LogP contribution < -0.4 is 5.32 Å². The van der Waals surface area contributed by atoms with Gasteiger partial charge in [-0.3, -0.25) is 4.79 Å². The van der Waals surface area contributed by atoms with E-state index in [4.69, 9.17) is 0 Å². The molecular weight excluding hydrogens is 739 g/mol. The molecule has 5 heteroatoms. The molecular formula is C55H105NO4. The van der Waals surface area contributed by atoms with Gasteiger partial charge < -0.3 is 20.6 Å². The van der Waals surface area contributed by atoms with Crippen molar-refractivity contribution in [3.63, 3.8) is 0 Å². The number of aliphatic hydroxyl groups is 3. The Labute approximate surface area is 374 Å². The zero-order valence-electron chi connectivity index (χ0n) is 40.4. The summed E-state index contributed by atoms with van der Waals surface area (Å²) >= 11 is 0. The molecule has 0 aromatic carbocycles. The van der Waals surface area contributed by atoms with E-state index in [9.17, 15) is 20.1 Å². The molecule has 0 aliphatic heterocycles. The molecule has 0 radical (unpaired) electrons. The van der Waals surface area contributed by atoms with Crippen molar-refractivity contribution in [2.24, 2.45) is 0 Å². The van der Waals surface area contributed by atoms with Crippen LogP contribution in [-0.4, -0.2) is 46.1 Å². The van der Waals surface area contributed by atoms with Crippen LogP contribution in [0.4, 0.5) is 0 Å². The molecule has 354 valence electrons. The Balaban J connectivity index is 3.47.